The Morgan fingerprint density at radius 3 is 2.50 bits per heavy atom. The van der Waals surface area contributed by atoms with Gasteiger partial charge in [-0.15, -0.1) is 0 Å². The van der Waals surface area contributed by atoms with Crippen LogP contribution in [-0.4, -0.2) is 18.9 Å². The van der Waals surface area contributed by atoms with Crippen molar-refractivity contribution in [3.63, 3.8) is 0 Å². The second kappa shape index (κ2) is 7.08. The third-order valence-corrected chi connectivity index (χ3v) is 5.33. The minimum Gasteiger partial charge on any atom is -0.461 e. The molecular weight excluding hydrogens is 430 g/mol. The molecule has 0 amide bonds. The largest absolute Gasteiger partial charge is 0.461 e. The van der Waals surface area contributed by atoms with Gasteiger partial charge in [-0.2, -0.15) is 0 Å². The van der Waals surface area contributed by atoms with E-state index in [1.165, 1.54) is 18.2 Å². The molecule has 0 radical (unpaired) electrons. The number of benzene rings is 2. The summed E-state index contributed by atoms with van der Waals surface area (Å²) in [7, 11) is 0. The number of carbonyl (C=O) groups is 2. The first-order valence-corrected chi connectivity index (χ1v) is 9.02. The molecule has 3 rings (SSSR count). The molecule has 3 nitrogen and oxygen atoms in total. The molecule has 0 aromatic heterocycles. The van der Waals surface area contributed by atoms with Crippen LogP contribution in [0.2, 0.25) is 5.02 Å². The van der Waals surface area contributed by atoms with Crippen molar-refractivity contribution in [1.29, 1.82) is 0 Å². The minimum absolute atomic E-state index is 0.119. The molecule has 1 aliphatic rings. The van der Waals surface area contributed by atoms with E-state index in [1.807, 2.05) is 0 Å². The first-order valence-electron chi connectivity index (χ1n) is 7.85. The Balaban J connectivity index is 1.89. The predicted molar refractivity (Wildman–Crippen MR) is 96.7 cm³/mol. The van der Waals surface area contributed by atoms with Gasteiger partial charge in [0.25, 0.3) is 5.92 Å². The molecule has 0 N–H and O–H groups in total. The van der Waals surface area contributed by atoms with Crippen molar-refractivity contribution in [2.75, 3.05) is 6.61 Å². The van der Waals surface area contributed by atoms with Gasteiger partial charge in [0.05, 0.1) is 11.0 Å². The van der Waals surface area contributed by atoms with Gasteiger partial charge < -0.3 is 9.53 Å². The lowest BCUT2D eigenvalue weighted by molar-refractivity contribution is -0.117. The monoisotopic (exact) mass is 442 g/mol. The quantitative estimate of drug-likeness (QED) is 0.477. The van der Waals surface area contributed by atoms with Gasteiger partial charge in [-0.1, -0.05) is 33.6 Å². The summed E-state index contributed by atoms with van der Waals surface area (Å²) in [6, 6.07) is 10.6. The highest BCUT2D eigenvalue weighted by Crippen LogP contribution is 2.48. The van der Waals surface area contributed by atoms with Gasteiger partial charge in [-0.3, -0.25) is 0 Å². The molecule has 0 spiro atoms. The highest BCUT2D eigenvalue weighted by Gasteiger charge is 2.48. The van der Waals surface area contributed by atoms with Crippen molar-refractivity contribution in [3.8, 4) is 0 Å². The van der Waals surface area contributed by atoms with Gasteiger partial charge in [0.1, 0.15) is 12.9 Å². The van der Waals surface area contributed by atoms with Gasteiger partial charge in [-0.05, 0) is 48.4 Å². The second-order valence-electron chi connectivity index (χ2n) is 6.25. The van der Waals surface area contributed by atoms with Crippen LogP contribution in [0.5, 0.6) is 0 Å². The predicted octanol–water partition coefficient (Wildman–Crippen LogP) is 5.28. The zero-order valence-corrected chi connectivity index (χ0v) is 15.8. The van der Waals surface area contributed by atoms with Crippen molar-refractivity contribution in [2.45, 2.75) is 24.2 Å². The summed E-state index contributed by atoms with van der Waals surface area (Å²) >= 11 is 9.12. The molecule has 0 saturated heterocycles. The van der Waals surface area contributed by atoms with E-state index < -0.39 is 23.7 Å². The maximum absolute atomic E-state index is 14.3. The first-order chi connectivity index (χ1) is 12.3. The molecule has 1 atom stereocenters. The van der Waals surface area contributed by atoms with Crippen molar-refractivity contribution in [2.24, 2.45) is 0 Å². The topological polar surface area (TPSA) is 43.4 Å². The van der Waals surface area contributed by atoms with Crippen molar-refractivity contribution in [3.05, 3.63) is 68.7 Å². The molecule has 0 aliphatic heterocycles. The number of fused-ring (bicyclic) bond motifs is 1. The van der Waals surface area contributed by atoms with Crippen LogP contribution in [0.3, 0.4) is 0 Å². The molecule has 136 valence electrons. The summed E-state index contributed by atoms with van der Waals surface area (Å²) in [5.74, 6) is -3.70. The number of rotatable bonds is 4. The van der Waals surface area contributed by atoms with Crippen molar-refractivity contribution < 1.29 is 23.1 Å². The molecule has 7 heteroatoms. The Hall–Kier alpha value is -1.79. The molecule has 1 unspecified atom stereocenters. The Morgan fingerprint density at radius 1 is 1.15 bits per heavy atom. The van der Waals surface area contributed by atoms with Crippen LogP contribution in [0.15, 0.2) is 46.9 Å². The Labute approximate surface area is 162 Å². The number of hydrogen-bond donors (Lipinski definition) is 0. The minimum atomic E-state index is -3.08. The summed E-state index contributed by atoms with van der Waals surface area (Å²) in [6.45, 7) is -0.309. The Kier molecular flexibility index (Phi) is 5.17. The number of hydrogen-bond acceptors (Lipinski definition) is 3. The highest BCUT2D eigenvalue weighted by molar-refractivity contribution is 9.10. The van der Waals surface area contributed by atoms with Crippen LogP contribution in [-0.2, 0) is 20.9 Å². The standard InChI is InChI=1S/C19H14BrClF2O3/c20-13-3-1-12(2-4-13)17(25)26-11-18(10-24)7-8-19(22,23)16-9-14(21)5-6-15(16)18/h1-6,9-10H,7-8,11H2. The van der Waals surface area contributed by atoms with E-state index in [4.69, 9.17) is 16.3 Å². The smallest absolute Gasteiger partial charge is 0.338 e. The number of carbonyl (C=O) groups excluding carboxylic acids is 2. The van der Waals surface area contributed by atoms with Crippen LogP contribution in [0, 0.1) is 0 Å². The lowest BCUT2D eigenvalue weighted by Crippen LogP contribution is -2.42. The molecule has 0 bridgehead atoms. The van der Waals surface area contributed by atoms with E-state index in [9.17, 15) is 18.4 Å². The molecule has 1 aliphatic carbocycles. The van der Waals surface area contributed by atoms with E-state index in [1.54, 1.807) is 24.3 Å². The average molecular weight is 444 g/mol. The first kappa shape index (κ1) is 19.0. The maximum atomic E-state index is 14.3. The number of alkyl halides is 2. The van der Waals surface area contributed by atoms with Gasteiger partial charge in [0.2, 0.25) is 0 Å². The number of ether oxygens (including phenoxy) is 1. The molecule has 2 aromatic rings. The van der Waals surface area contributed by atoms with Crippen LogP contribution in [0.25, 0.3) is 0 Å². The van der Waals surface area contributed by atoms with E-state index in [-0.39, 0.29) is 29.2 Å². The third kappa shape index (κ3) is 3.53. The fourth-order valence-corrected chi connectivity index (χ4v) is 3.51. The SMILES string of the molecule is O=CC1(COC(=O)c2ccc(Br)cc2)CCC(F)(F)c2cc(Cl)ccc21. The Morgan fingerprint density at radius 2 is 1.85 bits per heavy atom. The van der Waals surface area contributed by atoms with E-state index >= 15 is 0 Å². The zero-order valence-electron chi connectivity index (χ0n) is 13.5. The molecule has 26 heavy (non-hydrogen) atoms. The van der Waals surface area contributed by atoms with Gasteiger partial charge in [0, 0.05) is 21.5 Å². The molecular formula is C19H14BrClF2O3. The zero-order chi connectivity index (χ0) is 18.9. The molecule has 0 fully saturated rings. The second-order valence-corrected chi connectivity index (χ2v) is 7.60. The normalized spacial score (nSPS) is 20.9. The van der Waals surface area contributed by atoms with Crippen molar-refractivity contribution in [1.82, 2.24) is 0 Å². The summed E-state index contributed by atoms with van der Waals surface area (Å²) in [5, 5.41) is 0.164. The van der Waals surface area contributed by atoms with Crippen LogP contribution in [0.1, 0.15) is 34.3 Å². The number of esters is 1. The molecule has 0 heterocycles. The van der Waals surface area contributed by atoms with Gasteiger partial charge in [-0.25, -0.2) is 13.6 Å². The lowest BCUT2D eigenvalue weighted by Gasteiger charge is -2.37. The fourth-order valence-electron chi connectivity index (χ4n) is 3.07. The molecule has 2 aromatic carbocycles. The Bertz CT molecular complexity index is 854. The fraction of sp³-hybridized carbons (Fsp3) is 0.263. The van der Waals surface area contributed by atoms with E-state index in [2.05, 4.69) is 15.9 Å². The lowest BCUT2D eigenvalue weighted by atomic mass is 9.70. The molecule has 0 saturated carbocycles. The van der Waals surface area contributed by atoms with Gasteiger partial charge in [0.15, 0.2) is 0 Å². The summed E-state index contributed by atoms with van der Waals surface area (Å²) in [4.78, 5) is 24.1. The average Bonchev–Trinajstić information content (AvgIpc) is 2.62. The number of halogens is 4. The number of aldehydes is 1. The van der Waals surface area contributed by atoms with Crippen LogP contribution in [0.4, 0.5) is 8.78 Å². The summed E-state index contributed by atoms with van der Waals surface area (Å²) < 4.78 is 34.6. The maximum Gasteiger partial charge on any atom is 0.338 e. The van der Waals surface area contributed by atoms with Crippen molar-refractivity contribution >= 4 is 39.8 Å². The summed E-state index contributed by atoms with van der Waals surface area (Å²) in [6.07, 6.45) is -0.0511. The third-order valence-electron chi connectivity index (χ3n) is 4.56. The van der Waals surface area contributed by atoms with E-state index in [0.717, 1.165) is 4.47 Å². The van der Waals surface area contributed by atoms with E-state index in [0.29, 0.717) is 11.8 Å². The van der Waals surface area contributed by atoms with Gasteiger partial charge >= 0.3 is 5.97 Å². The summed E-state index contributed by atoms with van der Waals surface area (Å²) in [5.41, 5.74) is -1.14. The highest BCUT2D eigenvalue weighted by atomic mass is 79.9. The van der Waals surface area contributed by atoms with Crippen LogP contribution >= 0.6 is 27.5 Å². The van der Waals surface area contributed by atoms with Crippen LogP contribution < -0.4 is 0 Å².